The van der Waals surface area contributed by atoms with Crippen LogP contribution in [0, 0.1) is 17.8 Å². The van der Waals surface area contributed by atoms with Crippen LogP contribution in [-0.2, 0) is 14.4 Å². The maximum absolute atomic E-state index is 13.8. The Bertz CT molecular complexity index is 1700. The predicted octanol–water partition coefficient (Wildman–Crippen LogP) is 6.50. The molecule has 4 N–H and O–H groups in total. The normalized spacial score (nSPS) is 20.2. The standard InChI is InChI=1S/C40H47NO8/c1-2-11-26(22-27-18-20-34(43)31-15-9-8-14-30(27)31)17-19-35(44)37-28(25-49-29-12-5-3-6-13-29)23-32-38(33(37)24-42)40(48)41(39(32)47)21-10-4-7-16-36(45)46/h3,5-6,8-9,12-15,18,20,22,32-33,35,38,42-44H,2,4,7,10-11,16-17,19,21,23-25H2,1H3,(H,45,46)/b26-22+/t32-,33+,35-,38-/m1/s1. The molecule has 1 saturated heterocycles. The Hall–Kier alpha value is -4.47. The number of unbranched alkanes of at least 4 members (excludes halogenated alkanes) is 2. The molecule has 3 aromatic carbocycles. The number of imide groups is 1. The molecule has 0 unspecified atom stereocenters. The van der Waals surface area contributed by atoms with Gasteiger partial charge in [0.25, 0.3) is 0 Å². The van der Waals surface area contributed by atoms with E-state index in [4.69, 9.17) is 9.84 Å². The number of aromatic hydroxyl groups is 1. The molecular formula is C40H47NO8. The van der Waals surface area contributed by atoms with Crippen LogP contribution in [0.3, 0.4) is 0 Å². The van der Waals surface area contributed by atoms with E-state index >= 15 is 0 Å². The molecule has 0 radical (unpaired) electrons. The second-order valence-electron chi connectivity index (χ2n) is 13.1. The molecule has 49 heavy (non-hydrogen) atoms. The van der Waals surface area contributed by atoms with Gasteiger partial charge >= 0.3 is 5.97 Å². The minimum Gasteiger partial charge on any atom is -0.507 e. The maximum atomic E-state index is 13.8. The molecule has 9 heteroatoms. The van der Waals surface area contributed by atoms with E-state index in [-0.39, 0.29) is 43.6 Å². The molecule has 3 aromatic rings. The van der Waals surface area contributed by atoms with Crippen molar-refractivity contribution in [2.24, 2.45) is 17.8 Å². The molecule has 2 amide bonds. The highest BCUT2D eigenvalue weighted by molar-refractivity contribution is 6.06. The number of aliphatic carboxylic acids is 1. The van der Waals surface area contributed by atoms with E-state index in [1.54, 1.807) is 6.07 Å². The van der Waals surface area contributed by atoms with Gasteiger partial charge in [-0.25, -0.2) is 0 Å². The number of phenolic OH excluding ortho intramolecular Hbond substituents is 1. The Labute approximate surface area is 287 Å². The number of nitrogens with zero attached hydrogens (tertiary/aromatic N) is 1. The average Bonchev–Trinajstić information content (AvgIpc) is 3.34. The van der Waals surface area contributed by atoms with Crippen molar-refractivity contribution >= 4 is 34.6 Å². The molecule has 1 heterocycles. The monoisotopic (exact) mass is 669 g/mol. The van der Waals surface area contributed by atoms with Crippen molar-refractivity contribution in [2.45, 2.75) is 70.8 Å². The molecule has 1 aliphatic heterocycles. The number of likely N-dealkylation sites (tertiary alicyclic amines) is 1. The Kier molecular flexibility index (Phi) is 12.3. The number of aliphatic hydroxyl groups is 2. The third-order valence-electron chi connectivity index (χ3n) is 9.86. The van der Waals surface area contributed by atoms with E-state index < -0.39 is 36.4 Å². The summed E-state index contributed by atoms with van der Waals surface area (Å²) in [5.74, 6) is -2.83. The van der Waals surface area contributed by atoms with Crippen LogP contribution in [0.15, 0.2) is 83.4 Å². The van der Waals surface area contributed by atoms with Crippen molar-refractivity contribution in [3.05, 3.63) is 89.0 Å². The maximum Gasteiger partial charge on any atom is 0.303 e. The van der Waals surface area contributed by atoms with Gasteiger partial charge in [-0.15, -0.1) is 0 Å². The molecule has 1 fully saturated rings. The van der Waals surface area contributed by atoms with E-state index in [9.17, 15) is 29.7 Å². The Morgan fingerprint density at radius 2 is 1.67 bits per heavy atom. The van der Waals surface area contributed by atoms with Crippen LogP contribution in [0.5, 0.6) is 11.5 Å². The minimum absolute atomic E-state index is 0.0381. The Morgan fingerprint density at radius 1 is 0.939 bits per heavy atom. The first-order valence-corrected chi connectivity index (χ1v) is 17.4. The summed E-state index contributed by atoms with van der Waals surface area (Å²) in [6, 6.07) is 20.6. The number of carboxylic acid groups (broad SMARTS) is 1. The van der Waals surface area contributed by atoms with Crippen molar-refractivity contribution in [1.82, 2.24) is 4.90 Å². The van der Waals surface area contributed by atoms with Gasteiger partial charge in [0, 0.05) is 24.3 Å². The molecule has 2 aliphatic rings. The zero-order chi connectivity index (χ0) is 34.9. The number of hydrogen-bond donors (Lipinski definition) is 4. The number of carboxylic acids is 1. The summed E-state index contributed by atoms with van der Waals surface area (Å²) in [6.07, 6.45) is 5.63. The number of carbonyl (C=O) groups is 3. The van der Waals surface area contributed by atoms with Gasteiger partial charge in [-0.2, -0.15) is 0 Å². The van der Waals surface area contributed by atoms with E-state index in [2.05, 4.69) is 13.0 Å². The van der Waals surface area contributed by atoms with Gasteiger partial charge in [-0.3, -0.25) is 19.3 Å². The number of fused-ring (bicyclic) bond motifs is 2. The molecule has 0 bridgehead atoms. The van der Waals surface area contributed by atoms with Gasteiger partial charge in [-0.05, 0) is 78.8 Å². The number of rotatable bonds is 17. The second-order valence-corrected chi connectivity index (χ2v) is 13.1. The van der Waals surface area contributed by atoms with Crippen molar-refractivity contribution < 1.29 is 39.5 Å². The Balaban J connectivity index is 1.40. The van der Waals surface area contributed by atoms with Crippen LogP contribution in [0.4, 0.5) is 0 Å². The summed E-state index contributed by atoms with van der Waals surface area (Å²) in [5, 5.41) is 43.7. The second kappa shape index (κ2) is 16.8. The molecule has 9 nitrogen and oxygen atoms in total. The lowest BCUT2D eigenvalue weighted by Gasteiger charge is -2.36. The summed E-state index contributed by atoms with van der Waals surface area (Å²) in [5.41, 5.74) is 3.42. The summed E-state index contributed by atoms with van der Waals surface area (Å²) >= 11 is 0. The first-order valence-electron chi connectivity index (χ1n) is 17.4. The van der Waals surface area contributed by atoms with Crippen LogP contribution in [-0.4, -0.2) is 69.0 Å². The number of ether oxygens (including phenoxy) is 1. The van der Waals surface area contributed by atoms with Crippen molar-refractivity contribution in [3.8, 4) is 11.5 Å². The van der Waals surface area contributed by atoms with Gasteiger partial charge in [0.2, 0.25) is 11.8 Å². The number of benzene rings is 3. The van der Waals surface area contributed by atoms with E-state index in [0.717, 1.165) is 40.3 Å². The van der Waals surface area contributed by atoms with Crippen molar-refractivity contribution in [3.63, 3.8) is 0 Å². The molecule has 5 rings (SSSR count). The van der Waals surface area contributed by atoms with E-state index in [1.165, 1.54) is 4.90 Å². The summed E-state index contributed by atoms with van der Waals surface area (Å²) in [7, 11) is 0. The highest BCUT2D eigenvalue weighted by atomic mass is 16.5. The molecule has 1 aliphatic carbocycles. The van der Waals surface area contributed by atoms with Gasteiger partial charge in [0.15, 0.2) is 0 Å². The van der Waals surface area contributed by atoms with Crippen LogP contribution in [0.1, 0.15) is 70.3 Å². The van der Waals surface area contributed by atoms with Gasteiger partial charge < -0.3 is 25.2 Å². The molecular weight excluding hydrogens is 622 g/mol. The zero-order valence-electron chi connectivity index (χ0n) is 28.1. The van der Waals surface area contributed by atoms with E-state index in [0.29, 0.717) is 43.4 Å². The fourth-order valence-electron chi connectivity index (χ4n) is 7.51. The summed E-state index contributed by atoms with van der Waals surface area (Å²) in [6.45, 7) is 2.02. The quantitative estimate of drug-likeness (QED) is 0.0724. The van der Waals surface area contributed by atoms with Gasteiger partial charge in [0.05, 0.1) is 24.5 Å². The number of para-hydroxylation sites is 1. The fraction of sp³-hybridized carbons (Fsp3) is 0.425. The smallest absolute Gasteiger partial charge is 0.303 e. The molecule has 0 aromatic heterocycles. The third-order valence-corrected chi connectivity index (χ3v) is 9.86. The van der Waals surface area contributed by atoms with Crippen molar-refractivity contribution in [2.75, 3.05) is 19.8 Å². The third kappa shape index (κ3) is 8.40. The number of aliphatic hydroxyl groups excluding tert-OH is 2. The average molecular weight is 670 g/mol. The van der Waals surface area contributed by atoms with Crippen LogP contribution in [0.25, 0.3) is 16.8 Å². The molecule has 0 saturated carbocycles. The SMILES string of the molecule is CCC/C(=C\c1ccc(O)c2ccccc12)CC[C@@H](O)C1=C(COc2ccccc2)C[C@H]2C(=O)N(CCCCCC(=O)O)C(=O)[C@H]2[C@H]1CO. The molecule has 0 spiro atoms. The zero-order valence-corrected chi connectivity index (χ0v) is 28.1. The largest absolute Gasteiger partial charge is 0.507 e. The highest BCUT2D eigenvalue weighted by Gasteiger charge is 2.54. The lowest BCUT2D eigenvalue weighted by molar-refractivity contribution is -0.141. The predicted molar refractivity (Wildman–Crippen MR) is 188 cm³/mol. The van der Waals surface area contributed by atoms with Gasteiger partial charge in [-0.1, -0.05) is 79.9 Å². The summed E-state index contributed by atoms with van der Waals surface area (Å²) in [4.78, 5) is 39.6. The number of carbonyl (C=O) groups excluding carboxylic acids is 2. The number of hydrogen-bond acceptors (Lipinski definition) is 7. The van der Waals surface area contributed by atoms with Crippen LogP contribution >= 0.6 is 0 Å². The summed E-state index contributed by atoms with van der Waals surface area (Å²) < 4.78 is 6.12. The first kappa shape index (κ1) is 35.8. The highest BCUT2D eigenvalue weighted by Crippen LogP contribution is 2.46. The number of amides is 2. The van der Waals surface area contributed by atoms with Crippen LogP contribution in [0.2, 0.25) is 0 Å². The van der Waals surface area contributed by atoms with E-state index in [1.807, 2.05) is 60.7 Å². The topological polar surface area (TPSA) is 145 Å². The van der Waals surface area contributed by atoms with Crippen LogP contribution < -0.4 is 4.74 Å². The minimum atomic E-state index is -0.975. The first-order chi connectivity index (χ1) is 23.7. The lowest BCUT2D eigenvalue weighted by Crippen LogP contribution is -2.40. The number of allylic oxidation sites excluding steroid dienone is 1. The van der Waals surface area contributed by atoms with Crippen molar-refractivity contribution in [1.29, 1.82) is 0 Å². The number of phenols is 1. The Morgan fingerprint density at radius 3 is 2.39 bits per heavy atom. The lowest BCUT2D eigenvalue weighted by atomic mass is 9.68. The molecule has 4 atom stereocenters. The molecule has 260 valence electrons. The fourth-order valence-corrected chi connectivity index (χ4v) is 7.51. The van der Waals surface area contributed by atoms with Gasteiger partial charge in [0.1, 0.15) is 18.1 Å².